The molecule has 0 aromatic carbocycles. The van der Waals surface area contributed by atoms with Crippen LogP contribution < -0.4 is 0 Å². The predicted molar refractivity (Wildman–Crippen MR) is 60.8 cm³/mol. The van der Waals surface area contributed by atoms with Gasteiger partial charge in [-0.1, -0.05) is 6.08 Å². The maximum Gasteiger partial charge on any atom is 0.438 e. The van der Waals surface area contributed by atoms with Crippen molar-refractivity contribution in [2.24, 2.45) is 0 Å². The molecular formula is C11H13NO6. The molecule has 1 atom stereocenters. The summed E-state index contributed by atoms with van der Waals surface area (Å²) in [7, 11) is 1.09. The molecular weight excluding hydrogens is 242 g/mol. The molecule has 0 amide bonds. The number of rotatable bonds is 6. The van der Waals surface area contributed by atoms with Crippen molar-refractivity contribution in [2.45, 2.75) is 6.10 Å². The van der Waals surface area contributed by atoms with Gasteiger partial charge in [0, 0.05) is 4.90 Å². The van der Waals surface area contributed by atoms with Crippen LogP contribution in [0, 0.1) is 5.21 Å². The lowest BCUT2D eigenvalue weighted by molar-refractivity contribution is -0.712. The summed E-state index contributed by atoms with van der Waals surface area (Å²) in [5.74, 6) is 0.395. The first-order valence-corrected chi connectivity index (χ1v) is 5.00. The smallest absolute Gasteiger partial charge is 0.438 e. The molecule has 0 aliphatic carbocycles. The third kappa shape index (κ3) is 4.30. The second kappa shape index (κ2) is 7.13. The second-order valence-electron chi connectivity index (χ2n) is 3.04. The van der Waals surface area contributed by atoms with Crippen LogP contribution in [-0.4, -0.2) is 31.0 Å². The largest absolute Gasteiger partial charge is 0.466 e. The number of methoxy groups -OCH3 is 1. The Morgan fingerprint density at radius 1 is 1.72 bits per heavy atom. The van der Waals surface area contributed by atoms with Crippen LogP contribution in [0.3, 0.4) is 0 Å². The molecule has 1 heterocycles. The minimum Gasteiger partial charge on any atom is -0.466 e. The summed E-state index contributed by atoms with van der Waals surface area (Å²) < 4.78 is 14.5. The Morgan fingerprint density at radius 2 is 2.50 bits per heavy atom. The summed E-state index contributed by atoms with van der Waals surface area (Å²) in [5, 5.41) is 11.3. The van der Waals surface area contributed by atoms with Gasteiger partial charge in [-0.25, -0.2) is 4.79 Å². The lowest BCUT2D eigenvalue weighted by Gasteiger charge is -2.08. The zero-order valence-corrected chi connectivity index (χ0v) is 9.78. The minimum atomic E-state index is -1.12. The molecule has 0 saturated carbocycles. The molecule has 0 bridgehead atoms. The van der Waals surface area contributed by atoms with E-state index in [1.165, 1.54) is 12.3 Å². The van der Waals surface area contributed by atoms with Gasteiger partial charge >= 0.3 is 6.16 Å². The van der Waals surface area contributed by atoms with Gasteiger partial charge in [-0.2, -0.15) is 0 Å². The first kappa shape index (κ1) is 13.8. The van der Waals surface area contributed by atoms with Crippen LogP contribution in [0.2, 0.25) is 0 Å². The molecule has 0 N–H and O–H groups in total. The third-order valence-electron chi connectivity index (χ3n) is 1.81. The quantitative estimate of drug-likeness (QED) is 0.192. The molecule has 98 valence electrons. The zero-order chi connectivity index (χ0) is 13.4. The van der Waals surface area contributed by atoms with Crippen molar-refractivity contribution >= 4 is 12.4 Å². The molecule has 1 unspecified atom stereocenters. The molecule has 18 heavy (non-hydrogen) atoms. The van der Waals surface area contributed by atoms with Gasteiger partial charge in [-0.3, -0.25) is 10.0 Å². The second-order valence-corrected chi connectivity index (χ2v) is 3.04. The van der Waals surface area contributed by atoms with Gasteiger partial charge in [0.15, 0.2) is 6.10 Å². The van der Waals surface area contributed by atoms with E-state index in [-0.39, 0.29) is 11.5 Å². The third-order valence-corrected chi connectivity index (χ3v) is 1.81. The Kier molecular flexibility index (Phi) is 5.46. The van der Waals surface area contributed by atoms with Crippen molar-refractivity contribution in [2.75, 3.05) is 13.7 Å². The van der Waals surface area contributed by atoms with Crippen LogP contribution in [0.1, 0.15) is 11.9 Å². The summed E-state index contributed by atoms with van der Waals surface area (Å²) in [6, 6.07) is 3.26. The van der Waals surface area contributed by atoms with Crippen LogP contribution >= 0.6 is 0 Å². The van der Waals surface area contributed by atoms with E-state index in [0.29, 0.717) is 5.76 Å². The summed E-state index contributed by atoms with van der Waals surface area (Å²) in [4.78, 5) is 14.9. The predicted octanol–water partition coefficient (Wildman–Crippen LogP) is 1.80. The lowest BCUT2D eigenvalue weighted by Crippen LogP contribution is -2.18. The Hall–Kier alpha value is -2.28. The van der Waals surface area contributed by atoms with Crippen molar-refractivity contribution in [3.05, 3.63) is 42.0 Å². The van der Waals surface area contributed by atoms with Gasteiger partial charge in [0.2, 0.25) is 6.21 Å². The zero-order valence-electron chi connectivity index (χ0n) is 9.78. The van der Waals surface area contributed by atoms with E-state index in [9.17, 15) is 10.0 Å². The molecule has 0 fully saturated rings. The maximum atomic E-state index is 11.3. The average Bonchev–Trinajstić information content (AvgIpc) is 2.87. The molecule has 0 aliphatic heterocycles. The summed E-state index contributed by atoms with van der Waals surface area (Å²) in [5.41, 5.74) is 0. The molecule has 0 spiro atoms. The van der Waals surface area contributed by atoms with E-state index in [1.807, 2.05) is 0 Å². The van der Waals surface area contributed by atoms with Gasteiger partial charge in [0.1, 0.15) is 5.76 Å². The highest BCUT2D eigenvalue weighted by Gasteiger charge is 2.18. The first-order valence-electron chi connectivity index (χ1n) is 5.00. The van der Waals surface area contributed by atoms with Crippen molar-refractivity contribution in [1.82, 2.24) is 0 Å². The summed E-state index contributed by atoms with van der Waals surface area (Å²) in [6.45, 7) is 3.69. The average molecular weight is 255 g/mol. The number of hydrogen-bond acceptors (Lipinski definition) is 6. The number of furan rings is 1. The Balaban J connectivity index is 2.74. The normalized spacial score (nSPS) is 12.8. The number of nitrogens with zero attached hydrogens (tertiary/aromatic N) is 1. The maximum absolute atomic E-state index is 11.3. The van der Waals surface area contributed by atoms with Crippen LogP contribution in [0.15, 0.2) is 35.5 Å². The highest BCUT2D eigenvalue weighted by atomic mass is 16.9. The Morgan fingerprint density at radius 3 is 3.06 bits per heavy atom. The molecule has 1 aromatic heterocycles. The molecule has 1 aromatic rings. The SMILES string of the molecule is C=CCOC(/C=[N+](\[O-])OC(=O)OC)c1ccco1. The van der Waals surface area contributed by atoms with Gasteiger partial charge in [-0.15, -0.1) is 6.58 Å². The Labute approximate surface area is 103 Å². The first-order chi connectivity index (χ1) is 8.67. The number of hydrogen-bond donors (Lipinski definition) is 0. The van der Waals surface area contributed by atoms with E-state index >= 15 is 0 Å². The fourth-order valence-electron chi connectivity index (χ4n) is 1.08. The molecule has 0 aliphatic rings. The van der Waals surface area contributed by atoms with E-state index in [4.69, 9.17) is 9.15 Å². The van der Waals surface area contributed by atoms with Gasteiger partial charge in [-0.05, 0) is 12.1 Å². The molecule has 0 radical (unpaired) electrons. The fourth-order valence-corrected chi connectivity index (χ4v) is 1.08. The number of carbonyl (C=O) groups is 1. The van der Waals surface area contributed by atoms with Gasteiger partial charge < -0.3 is 13.9 Å². The van der Waals surface area contributed by atoms with E-state index in [0.717, 1.165) is 13.3 Å². The van der Waals surface area contributed by atoms with Gasteiger partial charge in [0.05, 0.1) is 20.0 Å². The number of carbonyl (C=O) groups excluding carboxylic acids is 1. The topological polar surface area (TPSA) is 84.0 Å². The molecule has 7 nitrogen and oxygen atoms in total. The summed E-state index contributed by atoms with van der Waals surface area (Å²) in [6.07, 6.45) is 2.02. The lowest BCUT2D eigenvalue weighted by atomic mass is 10.3. The molecule has 7 heteroatoms. The molecule has 1 rings (SSSR count). The van der Waals surface area contributed by atoms with Crippen LogP contribution in [0.5, 0.6) is 0 Å². The summed E-state index contributed by atoms with van der Waals surface area (Å²) >= 11 is 0. The van der Waals surface area contributed by atoms with Crippen molar-refractivity contribution in [3.8, 4) is 0 Å². The minimum absolute atomic E-state index is 0.0535. The fraction of sp³-hybridized carbons (Fsp3) is 0.273. The van der Waals surface area contributed by atoms with Crippen LogP contribution in [0.25, 0.3) is 0 Å². The standard InChI is InChI=1S/C11H13NO6/c1-3-6-16-10(9-5-4-7-17-9)8-12(14)18-11(13)15-2/h3-5,7-8,10H,1,6H2,2H3/b12-8+. The van der Waals surface area contributed by atoms with Crippen molar-refractivity contribution < 1.29 is 28.4 Å². The Bertz CT molecular complexity index is 411. The van der Waals surface area contributed by atoms with E-state index in [1.54, 1.807) is 12.1 Å². The van der Waals surface area contributed by atoms with Crippen LogP contribution in [0.4, 0.5) is 4.79 Å². The van der Waals surface area contributed by atoms with Crippen molar-refractivity contribution in [3.63, 3.8) is 0 Å². The molecule has 0 saturated heterocycles. The monoisotopic (exact) mass is 255 g/mol. The highest BCUT2D eigenvalue weighted by Crippen LogP contribution is 2.15. The van der Waals surface area contributed by atoms with Crippen molar-refractivity contribution in [1.29, 1.82) is 0 Å². The van der Waals surface area contributed by atoms with Crippen LogP contribution in [-0.2, 0) is 14.3 Å². The highest BCUT2D eigenvalue weighted by molar-refractivity contribution is 5.61. The van der Waals surface area contributed by atoms with E-state index in [2.05, 4.69) is 16.2 Å². The van der Waals surface area contributed by atoms with Gasteiger partial charge in [0.25, 0.3) is 0 Å². The number of ether oxygens (including phenoxy) is 2. The van der Waals surface area contributed by atoms with E-state index < -0.39 is 12.3 Å².